The van der Waals surface area contributed by atoms with E-state index in [1.165, 1.54) is 0 Å². The molecule has 7 heteroatoms. The van der Waals surface area contributed by atoms with Gasteiger partial charge in [-0.1, -0.05) is 48.5 Å². The number of hydrogen-bond donors (Lipinski definition) is 1. The van der Waals surface area contributed by atoms with Crippen LogP contribution in [0.4, 0.5) is 0 Å². The number of amides is 2. The van der Waals surface area contributed by atoms with E-state index < -0.39 is 0 Å². The molecular weight excluding hydrogens is 430 g/mol. The molecule has 1 aliphatic heterocycles. The van der Waals surface area contributed by atoms with Gasteiger partial charge in [0.25, 0.3) is 5.91 Å². The lowest BCUT2D eigenvalue weighted by Crippen LogP contribution is -2.47. The predicted octanol–water partition coefficient (Wildman–Crippen LogP) is 3.63. The van der Waals surface area contributed by atoms with E-state index in [1.807, 2.05) is 59.5 Å². The highest BCUT2D eigenvalue weighted by Gasteiger charge is 2.25. The van der Waals surface area contributed by atoms with Crippen LogP contribution in [0.5, 0.6) is 11.6 Å². The highest BCUT2D eigenvalue weighted by atomic mass is 16.5. The number of piperidine rings is 1. The van der Waals surface area contributed by atoms with Gasteiger partial charge in [0.2, 0.25) is 11.8 Å². The lowest BCUT2D eigenvalue weighted by Gasteiger charge is -2.32. The number of pyridine rings is 1. The zero-order valence-electron chi connectivity index (χ0n) is 19.3. The minimum absolute atomic E-state index is 0.0182. The Balaban J connectivity index is 1.26. The van der Waals surface area contributed by atoms with Gasteiger partial charge in [0.15, 0.2) is 0 Å². The number of likely N-dealkylation sites (tertiary alicyclic amines) is 1. The van der Waals surface area contributed by atoms with Gasteiger partial charge in [0.1, 0.15) is 12.4 Å². The fourth-order valence-corrected chi connectivity index (χ4v) is 4.03. The van der Waals surface area contributed by atoms with Crippen molar-refractivity contribution in [3.8, 4) is 11.6 Å². The van der Waals surface area contributed by atoms with Gasteiger partial charge in [-0.2, -0.15) is 0 Å². The summed E-state index contributed by atoms with van der Waals surface area (Å²) in [4.78, 5) is 31.6. The Morgan fingerprint density at radius 2 is 1.76 bits per heavy atom. The summed E-state index contributed by atoms with van der Waals surface area (Å²) in [6.45, 7) is 1.61. The first-order valence-electron chi connectivity index (χ1n) is 11.5. The second-order valence-corrected chi connectivity index (χ2v) is 8.27. The molecular formula is C27H29N3O4. The molecule has 4 rings (SSSR count). The molecule has 1 aromatic heterocycles. The minimum atomic E-state index is -0.161. The van der Waals surface area contributed by atoms with Crippen LogP contribution < -0.4 is 14.8 Å². The third-order valence-corrected chi connectivity index (χ3v) is 5.94. The molecule has 3 aromatic rings. The number of carbonyl (C=O) groups excluding carboxylic acids is 2. The third-order valence-electron chi connectivity index (χ3n) is 5.94. The van der Waals surface area contributed by atoms with Crippen molar-refractivity contribution >= 4 is 11.8 Å². The first kappa shape index (κ1) is 23.3. The van der Waals surface area contributed by atoms with E-state index in [0.29, 0.717) is 50.4 Å². The van der Waals surface area contributed by atoms with E-state index in [0.717, 1.165) is 16.9 Å². The van der Waals surface area contributed by atoms with Crippen LogP contribution in [-0.2, 0) is 17.8 Å². The molecule has 7 nitrogen and oxygen atoms in total. The molecule has 0 bridgehead atoms. The van der Waals surface area contributed by atoms with Crippen molar-refractivity contribution in [3.63, 3.8) is 0 Å². The molecule has 0 saturated carbocycles. The molecule has 2 heterocycles. The van der Waals surface area contributed by atoms with Crippen LogP contribution in [0.15, 0.2) is 72.9 Å². The Hall–Kier alpha value is -3.87. The Bertz CT molecular complexity index is 1110. The van der Waals surface area contributed by atoms with Crippen LogP contribution in [-0.4, -0.2) is 47.9 Å². The maximum Gasteiger partial charge on any atom is 0.251 e. The highest BCUT2D eigenvalue weighted by Crippen LogP contribution is 2.20. The molecule has 34 heavy (non-hydrogen) atoms. The smallest absolute Gasteiger partial charge is 0.251 e. The van der Waals surface area contributed by atoms with Crippen molar-refractivity contribution in [1.82, 2.24) is 15.2 Å². The van der Waals surface area contributed by atoms with Crippen LogP contribution in [0.2, 0.25) is 0 Å². The van der Waals surface area contributed by atoms with Crippen LogP contribution >= 0.6 is 0 Å². The summed E-state index contributed by atoms with van der Waals surface area (Å²) in [7, 11) is 1.61. The number of para-hydroxylation sites is 1. The summed E-state index contributed by atoms with van der Waals surface area (Å²) in [6, 6.07) is 20.7. The number of methoxy groups -OCH3 is 1. The van der Waals surface area contributed by atoms with Crippen LogP contribution in [0.1, 0.15) is 34.3 Å². The van der Waals surface area contributed by atoms with E-state index in [2.05, 4.69) is 10.3 Å². The maximum absolute atomic E-state index is 12.8. The number of rotatable bonds is 8. The normalized spacial score (nSPS) is 13.9. The molecule has 0 spiro atoms. The zero-order chi connectivity index (χ0) is 23.8. The Morgan fingerprint density at radius 3 is 2.53 bits per heavy atom. The molecule has 1 fully saturated rings. The molecule has 1 saturated heterocycles. The van der Waals surface area contributed by atoms with Gasteiger partial charge in [-0.3, -0.25) is 9.59 Å². The zero-order valence-corrected chi connectivity index (χ0v) is 19.3. The van der Waals surface area contributed by atoms with E-state index in [-0.39, 0.29) is 17.9 Å². The number of benzene rings is 2. The van der Waals surface area contributed by atoms with Gasteiger partial charge in [0, 0.05) is 42.5 Å². The Morgan fingerprint density at radius 1 is 1.03 bits per heavy atom. The van der Waals surface area contributed by atoms with Crippen LogP contribution in [0, 0.1) is 0 Å². The van der Waals surface area contributed by atoms with E-state index in [9.17, 15) is 9.59 Å². The number of nitrogens with one attached hydrogen (secondary N) is 1. The van der Waals surface area contributed by atoms with E-state index in [1.54, 1.807) is 25.4 Å². The SMILES string of the molecule is COc1ccccc1CC(=O)N1CCC(NC(=O)c2ccnc(OCc3ccccc3)c2)CC1. The largest absolute Gasteiger partial charge is 0.496 e. The highest BCUT2D eigenvalue weighted by molar-refractivity contribution is 5.94. The Labute approximate surface area is 199 Å². The van der Waals surface area contributed by atoms with Crippen molar-refractivity contribution in [2.45, 2.75) is 31.9 Å². The van der Waals surface area contributed by atoms with Crippen molar-refractivity contribution in [2.75, 3.05) is 20.2 Å². The molecule has 0 aliphatic carbocycles. The molecule has 2 aromatic carbocycles. The number of aromatic nitrogens is 1. The van der Waals surface area contributed by atoms with Gasteiger partial charge < -0.3 is 19.7 Å². The summed E-state index contributed by atoms with van der Waals surface area (Å²) >= 11 is 0. The van der Waals surface area contributed by atoms with Crippen molar-refractivity contribution < 1.29 is 19.1 Å². The lowest BCUT2D eigenvalue weighted by molar-refractivity contribution is -0.131. The molecule has 2 amide bonds. The summed E-state index contributed by atoms with van der Waals surface area (Å²) in [5.74, 6) is 1.05. The van der Waals surface area contributed by atoms with Crippen molar-refractivity contribution in [1.29, 1.82) is 0 Å². The van der Waals surface area contributed by atoms with Gasteiger partial charge >= 0.3 is 0 Å². The number of nitrogens with zero attached hydrogens (tertiary/aromatic N) is 2. The summed E-state index contributed by atoms with van der Waals surface area (Å²) < 4.78 is 11.1. The topological polar surface area (TPSA) is 80.8 Å². The van der Waals surface area contributed by atoms with Crippen LogP contribution in [0.25, 0.3) is 0 Å². The van der Waals surface area contributed by atoms with Gasteiger partial charge in [-0.05, 0) is 30.5 Å². The number of hydrogen-bond acceptors (Lipinski definition) is 5. The fraction of sp³-hybridized carbons (Fsp3) is 0.296. The second-order valence-electron chi connectivity index (χ2n) is 8.27. The fourth-order valence-electron chi connectivity index (χ4n) is 4.03. The average Bonchev–Trinajstić information content (AvgIpc) is 2.89. The lowest BCUT2D eigenvalue weighted by atomic mass is 10.0. The first-order valence-corrected chi connectivity index (χ1v) is 11.5. The quantitative estimate of drug-likeness (QED) is 0.556. The Kier molecular flexibility index (Phi) is 7.75. The molecule has 176 valence electrons. The standard InChI is InChI=1S/C27H29N3O4/c1-33-24-10-6-5-9-21(24)18-26(31)30-15-12-23(13-16-30)29-27(32)22-11-14-28-25(17-22)34-19-20-7-3-2-4-8-20/h2-11,14,17,23H,12-13,15-16,18-19H2,1H3,(H,29,32). The van der Waals surface area contributed by atoms with Gasteiger partial charge in [-0.15, -0.1) is 0 Å². The molecule has 0 atom stereocenters. The van der Waals surface area contributed by atoms with Gasteiger partial charge in [0.05, 0.1) is 13.5 Å². The van der Waals surface area contributed by atoms with E-state index >= 15 is 0 Å². The monoisotopic (exact) mass is 459 g/mol. The second kappa shape index (κ2) is 11.3. The summed E-state index contributed by atoms with van der Waals surface area (Å²) in [5, 5.41) is 3.08. The summed E-state index contributed by atoms with van der Waals surface area (Å²) in [6.07, 6.45) is 3.32. The summed E-state index contributed by atoms with van der Waals surface area (Å²) in [5.41, 5.74) is 2.42. The van der Waals surface area contributed by atoms with Crippen molar-refractivity contribution in [2.24, 2.45) is 0 Å². The maximum atomic E-state index is 12.8. The van der Waals surface area contributed by atoms with E-state index in [4.69, 9.17) is 9.47 Å². The number of carbonyl (C=O) groups is 2. The van der Waals surface area contributed by atoms with Crippen molar-refractivity contribution in [3.05, 3.63) is 89.6 Å². The number of ether oxygens (including phenoxy) is 2. The predicted molar refractivity (Wildman–Crippen MR) is 129 cm³/mol. The van der Waals surface area contributed by atoms with Gasteiger partial charge in [-0.25, -0.2) is 4.98 Å². The van der Waals surface area contributed by atoms with Crippen LogP contribution in [0.3, 0.4) is 0 Å². The molecule has 0 radical (unpaired) electrons. The molecule has 0 unspecified atom stereocenters. The first-order chi connectivity index (χ1) is 16.6. The average molecular weight is 460 g/mol. The minimum Gasteiger partial charge on any atom is -0.496 e. The third kappa shape index (κ3) is 6.13. The molecule has 1 N–H and O–H groups in total. The molecule has 1 aliphatic rings.